The number of rotatable bonds is 4. The van der Waals surface area contributed by atoms with Crippen molar-refractivity contribution < 1.29 is 0 Å². The first-order chi connectivity index (χ1) is 15.3. The van der Waals surface area contributed by atoms with E-state index in [0.717, 1.165) is 32.3 Å². The summed E-state index contributed by atoms with van der Waals surface area (Å²) in [6, 6.07) is 31.8. The van der Waals surface area contributed by atoms with Crippen LogP contribution in [0.4, 0.5) is 0 Å². The zero-order chi connectivity index (χ0) is 21.2. The van der Waals surface area contributed by atoms with Crippen molar-refractivity contribution in [2.24, 2.45) is 9.98 Å². The molecule has 4 aromatic rings. The van der Waals surface area contributed by atoms with E-state index in [1.54, 1.807) is 11.8 Å². The average molecular weight is 439 g/mol. The Kier molecular flexibility index (Phi) is 5.46. The topological polar surface area (TPSA) is 24.7 Å². The van der Waals surface area contributed by atoms with E-state index in [4.69, 9.17) is 11.6 Å². The SMILES string of the molecule is C=N/C(=C1/Sc2ccccc2/C1=N/CCl)c1ccc(-c2cccc3ccccc23)cc1. The van der Waals surface area contributed by atoms with E-state index in [1.165, 1.54) is 21.9 Å². The van der Waals surface area contributed by atoms with Gasteiger partial charge in [0.25, 0.3) is 0 Å². The van der Waals surface area contributed by atoms with Crippen LogP contribution in [-0.2, 0) is 0 Å². The van der Waals surface area contributed by atoms with Gasteiger partial charge in [-0.25, -0.2) is 0 Å². The van der Waals surface area contributed by atoms with Gasteiger partial charge in [-0.1, -0.05) is 96.7 Å². The standard InChI is InChI=1S/C27H19ClN2S/c1-29-25(27-26(30-17-28)23-10-4-5-12-24(23)31-27)20-15-13-19(14-16-20)22-11-6-8-18-7-2-3-9-21(18)22/h2-16H,1,17H2/b27-25+,30-26-. The molecule has 0 saturated carbocycles. The number of alkyl halides is 1. The number of allylic oxidation sites excluding steroid dienone is 1. The quantitative estimate of drug-likeness (QED) is 0.182. The van der Waals surface area contributed by atoms with Gasteiger partial charge in [0, 0.05) is 16.0 Å². The molecule has 0 radical (unpaired) electrons. The van der Waals surface area contributed by atoms with Crippen LogP contribution in [-0.4, -0.2) is 18.4 Å². The Morgan fingerprint density at radius 2 is 1.52 bits per heavy atom. The molecule has 5 rings (SSSR count). The average Bonchev–Trinajstić information content (AvgIpc) is 3.18. The molecule has 0 amide bonds. The maximum atomic E-state index is 5.98. The lowest BCUT2D eigenvalue weighted by Gasteiger charge is -2.10. The van der Waals surface area contributed by atoms with Crippen LogP contribution in [0.5, 0.6) is 0 Å². The third-order valence-electron chi connectivity index (χ3n) is 5.42. The fourth-order valence-corrected chi connectivity index (χ4v) is 5.30. The zero-order valence-corrected chi connectivity index (χ0v) is 18.3. The van der Waals surface area contributed by atoms with Crippen LogP contribution in [0, 0.1) is 0 Å². The summed E-state index contributed by atoms with van der Waals surface area (Å²) in [5, 5.41) is 2.48. The van der Waals surface area contributed by atoms with Gasteiger partial charge in [0.05, 0.1) is 16.3 Å². The Labute approximate surface area is 191 Å². The van der Waals surface area contributed by atoms with Crippen LogP contribution in [0.25, 0.3) is 27.6 Å². The summed E-state index contributed by atoms with van der Waals surface area (Å²) >= 11 is 7.65. The number of benzene rings is 4. The van der Waals surface area contributed by atoms with E-state index in [0.29, 0.717) is 0 Å². The minimum atomic E-state index is 0.207. The van der Waals surface area contributed by atoms with E-state index in [-0.39, 0.29) is 6.00 Å². The molecule has 0 saturated heterocycles. The monoisotopic (exact) mass is 438 g/mol. The van der Waals surface area contributed by atoms with Gasteiger partial charge >= 0.3 is 0 Å². The summed E-state index contributed by atoms with van der Waals surface area (Å²) in [7, 11) is 0. The highest BCUT2D eigenvalue weighted by Gasteiger charge is 2.27. The van der Waals surface area contributed by atoms with Crippen LogP contribution in [0.1, 0.15) is 11.1 Å². The molecule has 0 aliphatic carbocycles. The summed E-state index contributed by atoms with van der Waals surface area (Å²) < 4.78 is 0. The van der Waals surface area contributed by atoms with Crippen molar-refractivity contribution in [1.29, 1.82) is 0 Å². The van der Waals surface area contributed by atoms with Crippen molar-refractivity contribution >= 4 is 52.3 Å². The third-order valence-corrected chi connectivity index (χ3v) is 6.71. The molecule has 0 unspecified atom stereocenters. The van der Waals surface area contributed by atoms with Gasteiger partial charge in [-0.2, -0.15) is 0 Å². The van der Waals surface area contributed by atoms with Gasteiger partial charge in [-0.15, -0.1) is 11.6 Å². The Bertz CT molecular complexity index is 1350. The molecule has 4 heteroatoms. The number of aliphatic imine (C=N–C) groups is 2. The Balaban J connectivity index is 1.59. The molecular weight excluding hydrogens is 420 g/mol. The van der Waals surface area contributed by atoms with E-state index < -0.39 is 0 Å². The van der Waals surface area contributed by atoms with Crippen LogP contribution in [0.15, 0.2) is 111 Å². The highest BCUT2D eigenvalue weighted by molar-refractivity contribution is 8.05. The molecule has 0 N–H and O–H groups in total. The van der Waals surface area contributed by atoms with E-state index >= 15 is 0 Å². The Morgan fingerprint density at radius 3 is 2.32 bits per heavy atom. The first-order valence-electron chi connectivity index (χ1n) is 9.98. The highest BCUT2D eigenvalue weighted by Crippen LogP contribution is 2.44. The van der Waals surface area contributed by atoms with Crippen molar-refractivity contribution in [2.45, 2.75) is 4.90 Å². The largest absolute Gasteiger partial charge is 0.267 e. The van der Waals surface area contributed by atoms with Crippen molar-refractivity contribution in [3.63, 3.8) is 0 Å². The Morgan fingerprint density at radius 1 is 0.806 bits per heavy atom. The second-order valence-corrected chi connectivity index (χ2v) is 8.46. The lowest BCUT2D eigenvalue weighted by atomic mass is 9.97. The maximum absolute atomic E-state index is 5.98. The molecule has 0 atom stereocenters. The predicted octanol–water partition coefficient (Wildman–Crippen LogP) is 7.67. The summed E-state index contributed by atoms with van der Waals surface area (Å²) in [5.41, 5.74) is 6.21. The summed E-state index contributed by atoms with van der Waals surface area (Å²) in [6.45, 7) is 3.85. The minimum absolute atomic E-state index is 0.207. The Hall–Kier alpha value is -3.14. The van der Waals surface area contributed by atoms with Crippen molar-refractivity contribution in [3.8, 4) is 11.1 Å². The molecule has 1 aliphatic heterocycles. The zero-order valence-electron chi connectivity index (χ0n) is 16.8. The van der Waals surface area contributed by atoms with Gasteiger partial charge in [-0.05, 0) is 34.7 Å². The first kappa shape index (κ1) is 19.8. The lowest BCUT2D eigenvalue weighted by molar-refractivity contribution is 1.34. The summed E-state index contributed by atoms with van der Waals surface area (Å²) in [4.78, 5) is 11.1. The molecule has 1 heterocycles. The van der Waals surface area contributed by atoms with Gasteiger partial charge in [0.15, 0.2) is 0 Å². The molecule has 0 bridgehead atoms. The molecular formula is C27H19ClN2S. The van der Waals surface area contributed by atoms with Crippen molar-refractivity contribution in [2.75, 3.05) is 6.00 Å². The summed E-state index contributed by atoms with van der Waals surface area (Å²) in [6.07, 6.45) is 0. The fourth-order valence-electron chi connectivity index (χ4n) is 3.99. The molecule has 150 valence electrons. The van der Waals surface area contributed by atoms with Gasteiger partial charge in [0.2, 0.25) is 0 Å². The maximum Gasteiger partial charge on any atom is 0.114 e. The van der Waals surface area contributed by atoms with Gasteiger partial charge in [-0.3, -0.25) is 9.98 Å². The second-order valence-electron chi connectivity index (χ2n) is 7.16. The molecule has 1 aliphatic rings. The minimum Gasteiger partial charge on any atom is -0.267 e. The third kappa shape index (κ3) is 3.60. The summed E-state index contributed by atoms with van der Waals surface area (Å²) in [5.74, 6) is 0. The number of fused-ring (bicyclic) bond motifs is 2. The van der Waals surface area contributed by atoms with Crippen LogP contribution in [0.3, 0.4) is 0 Å². The normalized spacial score (nSPS) is 15.8. The number of nitrogens with zero attached hydrogens (tertiary/aromatic N) is 2. The lowest BCUT2D eigenvalue weighted by Crippen LogP contribution is -2.00. The van der Waals surface area contributed by atoms with Crippen molar-refractivity contribution in [1.82, 2.24) is 0 Å². The number of thioether (sulfide) groups is 1. The van der Waals surface area contributed by atoms with Gasteiger partial charge < -0.3 is 0 Å². The van der Waals surface area contributed by atoms with Crippen LogP contribution in [0.2, 0.25) is 0 Å². The smallest absolute Gasteiger partial charge is 0.114 e. The molecule has 4 aromatic carbocycles. The molecule has 31 heavy (non-hydrogen) atoms. The van der Waals surface area contributed by atoms with Crippen molar-refractivity contribution in [3.05, 3.63) is 107 Å². The van der Waals surface area contributed by atoms with Crippen LogP contribution >= 0.6 is 23.4 Å². The number of halogens is 1. The molecule has 0 fully saturated rings. The van der Waals surface area contributed by atoms with Crippen LogP contribution < -0.4 is 0 Å². The molecule has 2 nitrogen and oxygen atoms in total. The second kappa shape index (κ2) is 8.54. The van der Waals surface area contributed by atoms with Gasteiger partial charge in [0.1, 0.15) is 6.00 Å². The first-order valence-corrected chi connectivity index (χ1v) is 11.3. The van der Waals surface area contributed by atoms with E-state index in [9.17, 15) is 0 Å². The number of hydrogen-bond acceptors (Lipinski definition) is 3. The molecule has 0 spiro atoms. The molecule has 0 aromatic heterocycles. The fraction of sp³-hybridized carbons (Fsp3) is 0.0370. The highest BCUT2D eigenvalue weighted by atomic mass is 35.5. The number of hydrogen-bond donors (Lipinski definition) is 0. The predicted molar refractivity (Wildman–Crippen MR) is 135 cm³/mol. The van der Waals surface area contributed by atoms with E-state index in [2.05, 4.69) is 95.6 Å². The van der Waals surface area contributed by atoms with E-state index in [1.807, 2.05) is 12.1 Å².